The van der Waals surface area contributed by atoms with E-state index in [4.69, 9.17) is 30.8 Å². The number of nitrogens with zero attached hydrogens (tertiary/aromatic N) is 3. The molecule has 0 saturated carbocycles. The van der Waals surface area contributed by atoms with Crippen LogP contribution in [0.25, 0.3) is 22.6 Å². The molecule has 0 bridgehead atoms. The van der Waals surface area contributed by atoms with Crippen LogP contribution in [0.15, 0.2) is 60.7 Å². The number of nitro benzene ring substituents is 1. The second-order valence-electron chi connectivity index (χ2n) is 10.6. The zero-order chi connectivity index (χ0) is 32.8. The van der Waals surface area contributed by atoms with Crippen LogP contribution in [0.4, 0.5) is 11.4 Å². The average Bonchev–Trinajstić information content (AvgIpc) is 3.52. The largest absolute Gasteiger partial charge is 0.454 e. The molecule has 6 rings (SSSR count). The van der Waals surface area contributed by atoms with Gasteiger partial charge in [0.1, 0.15) is 0 Å². The van der Waals surface area contributed by atoms with E-state index in [1.165, 1.54) is 17.0 Å². The molecular weight excluding hydrogens is 616 g/mol. The fourth-order valence-electron chi connectivity index (χ4n) is 5.02. The molecule has 0 spiro atoms. The van der Waals surface area contributed by atoms with Crippen molar-refractivity contribution in [3.63, 3.8) is 0 Å². The number of aromatic nitrogens is 1. The van der Waals surface area contributed by atoms with Crippen LogP contribution in [-0.2, 0) is 20.7 Å². The summed E-state index contributed by atoms with van der Waals surface area (Å²) in [6, 6.07) is 16.7. The maximum Gasteiger partial charge on any atom is 0.339 e. The number of carbonyl (C=O) groups is 3. The molecule has 1 aliphatic carbocycles. The van der Waals surface area contributed by atoms with Gasteiger partial charge >= 0.3 is 5.97 Å². The van der Waals surface area contributed by atoms with Crippen LogP contribution in [0.1, 0.15) is 40.0 Å². The van der Waals surface area contributed by atoms with Crippen LogP contribution < -0.4 is 14.8 Å². The number of allylic oxidation sites excluding steroid dienone is 1. The van der Waals surface area contributed by atoms with Crippen LogP contribution in [0, 0.1) is 10.1 Å². The number of hydrogen-bond acceptors (Lipinski definition) is 9. The van der Waals surface area contributed by atoms with Crippen molar-refractivity contribution < 1.29 is 33.5 Å². The Kier molecular flexibility index (Phi) is 9.77. The van der Waals surface area contributed by atoms with Gasteiger partial charge in [-0.15, -0.1) is 0 Å². The molecule has 0 radical (unpaired) electrons. The van der Waals surface area contributed by atoms with Gasteiger partial charge in [0.25, 0.3) is 11.6 Å². The standard InChI is InChI=1S/C30H22ClN3O7.C3H7NO/c31-22-10-9-19(34(37)38)14-24(22)32-27(35)15-39-30(36)28-20-5-1-2-7-23(20)33-29-18(4-3-6-21(28)29)12-17-8-11-25-26(13-17)41-16-40-25;1-4(2)3-5/h1-2,5,7-14H,3-4,6,15-16H2,(H,32,35);3H,1-2H3/b18-12+;. The minimum Gasteiger partial charge on any atom is -0.454 e. The Labute approximate surface area is 268 Å². The third-order valence-electron chi connectivity index (χ3n) is 7.09. The normalized spacial score (nSPS) is 13.7. The lowest BCUT2D eigenvalue weighted by atomic mass is 9.86. The number of nitrogens with one attached hydrogen (secondary N) is 1. The SMILES string of the molecule is CN(C)C=O.O=C(COC(=O)c1c2c(nc3ccccc13)/C(=C/c1ccc3c(c1)OCO3)CCC2)Nc1cc([N+](=O)[O-])ccc1Cl. The summed E-state index contributed by atoms with van der Waals surface area (Å²) in [6.07, 6.45) is 4.97. The molecule has 12 nitrogen and oxygen atoms in total. The van der Waals surface area contributed by atoms with Crippen molar-refractivity contribution >= 4 is 63.8 Å². The fourth-order valence-corrected chi connectivity index (χ4v) is 5.19. The molecule has 13 heteroatoms. The highest BCUT2D eigenvalue weighted by Gasteiger charge is 2.27. The molecule has 2 heterocycles. The molecule has 1 aromatic heterocycles. The van der Waals surface area contributed by atoms with Crippen LogP contribution in [0.5, 0.6) is 11.5 Å². The number of para-hydroxylation sites is 1. The van der Waals surface area contributed by atoms with E-state index in [0.29, 0.717) is 40.1 Å². The first-order valence-electron chi connectivity index (χ1n) is 14.2. The van der Waals surface area contributed by atoms with Crippen LogP contribution >= 0.6 is 11.6 Å². The molecule has 46 heavy (non-hydrogen) atoms. The van der Waals surface area contributed by atoms with Gasteiger partial charge in [0, 0.05) is 31.6 Å². The first-order valence-corrected chi connectivity index (χ1v) is 14.6. The number of nitro groups is 1. The summed E-state index contributed by atoms with van der Waals surface area (Å²) in [6.45, 7) is -0.420. The van der Waals surface area contributed by atoms with Gasteiger partial charge in [0.05, 0.1) is 32.4 Å². The van der Waals surface area contributed by atoms with Gasteiger partial charge in [-0.1, -0.05) is 35.9 Å². The Morgan fingerprint density at radius 2 is 1.85 bits per heavy atom. The van der Waals surface area contributed by atoms with Crippen LogP contribution in [-0.4, -0.2) is 60.6 Å². The van der Waals surface area contributed by atoms with E-state index in [9.17, 15) is 24.5 Å². The Morgan fingerprint density at radius 1 is 1.09 bits per heavy atom. The maximum atomic E-state index is 13.5. The maximum absolute atomic E-state index is 13.5. The van der Waals surface area contributed by atoms with Crippen molar-refractivity contribution in [3.8, 4) is 11.5 Å². The second kappa shape index (κ2) is 14.1. The van der Waals surface area contributed by atoms with Gasteiger partial charge in [0.2, 0.25) is 13.2 Å². The number of esters is 1. The minimum atomic E-state index is -0.684. The highest BCUT2D eigenvalue weighted by molar-refractivity contribution is 6.33. The summed E-state index contributed by atoms with van der Waals surface area (Å²) in [5.41, 5.74) is 4.18. The fraction of sp³-hybridized carbons (Fsp3) is 0.212. The van der Waals surface area contributed by atoms with Crippen molar-refractivity contribution in [1.29, 1.82) is 0 Å². The van der Waals surface area contributed by atoms with E-state index >= 15 is 0 Å². The lowest BCUT2D eigenvalue weighted by molar-refractivity contribution is -0.384. The van der Waals surface area contributed by atoms with E-state index in [2.05, 4.69) is 5.32 Å². The Balaban J connectivity index is 0.000000775. The topological polar surface area (TPSA) is 150 Å². The lowest BCUT2D eigenvalue weighted by Crippen LogP contribution is -2.22. The van der Waals surface area contributed by atoms with E-state index < -0.39 is 23.4 Å². The molecule has 4 aromatic rings. The number of pyridine rings is 1. The molecule has 2 aliphatic rings. The molecule has 0 atom stereocenters. The predicted octanol–water partition coefficient (Wildman–Crippen LogP) is 5.90. The number of halogens is 1. The number of carbonyl (C=O) groups excluding carboxylic acids is 3. The minimum absolute atomic E-state index is 0.0481. The van der Waals surface area contributed by atoms with E-state index in [1.54, 1.807) is 20.2 Å². The smallest absolute Gasteiger partial charge is 0.339 e. The van der Waals surface area contributed by atoms with Crippen molar-refractivity contribution in [3.05, 3.63) is 98.2 Å². The first kappa shape index (κ1) is 31.9. The monoisotopic (exact) mass is 644 g/mol. The molecule has 0 fully saturated rings. The summed E-state index contributed by atoms with van der Waals surface area (Å²) in [5, 5.41) is 14.3. The van der Waals surface area contributed by atoms with Crippen molar-refractivity contribution in [2.45, 2.75) is 19.3 Å². The van der Waals surface area contributed by atoms with Gasteiger partial charge in [0.15, 0.2) is 18.1 Å². The molecule has 236 valence electrons. The number of non-ortho nitro benzene ring substituents is 1. The molecule has 0 unspecified atom stereocenters. The second-order valence-corrected chi connectivity index (χ2v) is 11.0. The molecule has 2 amide bonds. The zero-order valence-electron chi connectivity index (χ0n) is 24.9. The third kappa shape index (κ3) is 7.24. The van der Waals surface area contributed by atoms with E-state index in [0.717, 1.165) is 42.0 Å². The highest BCUT2D eigenvalue weighted by atomic mass is 35.5. The van der Waals surface area contributed by atoms with Crippen LogP contribution in [0.2, 0.25) is 5.02 Å². The molecule has 1 aliphatic heterocycles. The van der Waals surface area contributed by atoms with E-state index in [-0.39, 0.29) is 23.2 Å². The highest BCUT2D eigenvalue weighted by Crippen LogP contribution is 2.38. The number of amides is 2. The Bertz CT molecular complexity index is 1870. The molecule has 3 aromatic carbocycles. The van der Waals surface area contributed by atoms with Crippen molar-refractivity contribution in [2.75, 3.05) is 32.8 Å². The summed E-state index contributed by atoms with van der Waals surface area (Å²) >= 11 is 6.08. The number of rotatable bonds is 7. The number of fused-ring (bicyclic) bond motifs is 3. The average molecular weight is 645 g/mol. The van der Waals surface area contributed by atoms with Gasteiger partial charge in [-0.3, -0.25) is 19.7 Å². The number of ether oxygens (including phenoxy) is 3. The summed E-state index contributed by atoms with van der Waals surface area (Å²) in [7, 11) is 3.38. The third-order valence-corrected chi connectivity index (χ3v) is 7.42. The first-order chi connectivity index (χ1) is 22.1. The van der Waals surface area contributed by atoms with Gasteiger partial charge < -0.3 is 24.4 Å². The molecule has 0 saturated heterocycles. The predicted molar refractivity (Wildman–Crippen MR) is 172 cm³/mol. The molecular formula is C33H29ClN4O8. The van der Waals surface area contributed by atoms with Crippen molar-refractivity contribution in [1.82, 2.24) is 9.88 Å². The quantitative estimate of drug-likeness (QED) is 0.112. The zero-order valence-corrected chi connectivity index (χ0v) is 25.7. The molecule has 1 N–H and O–H groups in total. The summed E-state index contributed by atoms with van der Waals surface area (Å²) in [5.74, 6) is 0.0266. The van der Waals surface area contributed by atoms with Gasteiger partial charge in [-0.25, -0.2) is 9.78 Å². The van der Waals surface area contributed by atoms with Gasteiger partial charge in [-0.2, -0.15) is 0 Å². The Morgan fingerprint density at radius 3 is 2.61 bits per heavy atom. The van der Waals surface area contributed by atoms with Crippen molar-refractivity contribution in [2.24, 2.45) is 0 Å². The summed E-state index contributed by atoms with van der Waals surface area (Å²) < 4.78 is 16.4. The summed E-state index contributed by atoms with van der Waals surface area (Å²) in [4.78, 5) is 52.4. The number of hydrogen-bond donors (Lipinski definition) is 1. The van der Waals surface area contributed by atoms with E-state index in [1.807, 2.05) is 42.5 Å². The lowest BCUT2D eigenvalue weighted by Gasteiger charge is -2.22. The Hall–Kier alpha value is -5.49. The van der Waals surface area contributed by atoms with Gasteiger partial charge in [-0.05, 0) is 66.3 Å². The number of benzene rings is 3. The van der Waals surface area contributed by atoms with Crippen LogP contribution in [0.3, 0.4) is 0 Å². The number of anilines is 1.